The van der Waals surface area contributed by atoms with Crippen molar-refractivity contribution in [3.05, 3.63) is 47.6 Å². The number of nitrogens with zero attached hydrogens (tertiary/aromatic N) is 1. The van der Waals surface area contributed by atoms with Crippen molar-refractivity contribution in [1.29, 1.82) is 0 Å². The summed E-state index contributed by atoms with van der Waals surface area (Å²) in [5.74, 6) is 0.364. The molecule has 1 aromatic carbocycles. The standard InChI is InChI=1S/C16H17NO2S/c1-2-11-12-7-3-5-9-14(12)17-16(11)13-8-4-6-10-15(13)20(17,18)19/h4-6,8-10,12,14H,2-3,7H2,1H3/t12-,14-/m0/s1. The van der Waals surface area contributed by atoms with E-state index < -0.39 is 10.0 Å². The molecule has 4 rings (SSSR count). The van der Waals surface area contributed by atoms with Gasteiger partial charge in [0.25, 0.3) is 10.0 Å². The van der Waals surface area contributed by atoms with Gasteiger partial charge < -0.3 is 0 Å². The maximum absolute atomic E-state index is 12.8. The summed E-state index contributed by atoms with van der Waals surface area (Å²) >= 11 is 0. The van der Waals surface area contributed by atoms with Crippen LogP contribution in [-0.4, -0.2) is 18.8 Å². The average Bonchev–Trinajstić information content (AvgIpc) is 2.92. The first-order valence-corrected chi connectivity index (χ1v) is 8.64. The molecule has 1 aromatic rings. The van der Waals surface area contributed by atoms with Crippen LogP contribution in [0.1, 0.15) is 31.7 Å². The lowest BCUT2D eigenvalue weighted by molar-refractivity contribution is 0.390. The van der Waals surface area contributed by atoms with Gasteiger partial charge in [0.1, 0.15) is 0 Å². The van der Waals surface area contributed by atoms with Crippen molar-refractivity contribution in [3.63, 3.8) is 0 Å². The largest absolute Gasteiger partial charge is 0.265 e. The van der Waals surface area contributed by atoms with Crippen LogP contribution in [0.4, 0.5) is 0 Å². The van der Waals surface area contributed by atoms with Crippen LogP contribution >= 0.6 is 0 Å². The molecule has 3 aliphatic rings. The molecule has 2 atom stereocenters. The summed E-state index contributed by atoms with van der Waals surface area (Å²) in [5, 5.41) is 0. The topological polar surface area (TPSA) is 37.4 Å². The first-order valence-electron chi connectivity index (χ1n) is 7.20. The molecule has 0 N–H and O–H groups in total. The summed E-state index contributed by atoms with van der Waals surface area (Å²) in [5.41, 5.74) is 3.17. The zero-order chi connectivity index (χ0) is 13.9. The number of benzene rings is 1. The van der Waals surface area contributed by atoms with E-state index in [0.717, 1.165) is 30.5 Å². The lowest BCUT2D eigenvalue weighted by Crippen LogP contribution is -2.35. The lowest BCUT2D eigenvalue weighted by Gasteiger charge is -2.28. The fraction of sp³-hybridized carbons (Fsp3) is 0.375. The molecule has 0 amide bonds. The van der Waals surface area contributed by atoms with Gasteiger partial charge in [-0.2, -0.15) is 0 Å². The van der Waals surface area contributed by atoms with Gasteiger partial charge in [-0.15, -0.1) is 0 Å². The summed E-state index contributed by atoms with van der Waals surface area (Å²) in [4.78, 5) is 0.471. The van der Waals surface area contributed by atoms with E-state index in [4.69, 9.17) is 0 Å². The van der Waals surface area contributed by atoms with Crippen molar-refractivity contribution in [3.8, 4) is 0 Å². The normalized spacial score (nSPS) is 29.4. The van der Waals surface area contributed by atoms with Crippen molar-refractivity contribution < 1.29 is 8.42 Å². The summed E-state index contributed by atoms with van der Waals surface area (Å²) < 4.78 is 27.4. The third-order valence-electron chi connectivity index (χ3n) is 4.69. The van der Waals surface area contributed by atoms with Gasteiger partial charge in [0.15, 0.2) is 0 Å². The molecule has 0 saturated carbocycles. The molecule has 0 spiro atoms. The summed E-state index contributed by atoms with van der Waals surface area (Å²) in [7, 11) is -3.37. The van der Waals surface area contributed by atoms with Gasteiger partial charge in [-0.1, -0.05) is 37.3 Å². The molecule has 20 heavy (non-hydrogen) atoms. The lowest BCUT2D eigenvalue weighted by atomic mass is 9.84. The first-order chi connectivity index (χ1) is 9.66. The second-order valence-corrected chi connectivity index (χ2v) is 7.41. The van der Waals surface area contributed by atoms with Gasteiger partial charge in [0.05, 0.1) is 16.6 Å². The highest BCUT2D eigenvalue weighted by molar-refractivity contribution is 7.90. The van der Waals surface area contributed by atoms with Crippen LogP contribution in [0.3, 0.4) is 0 Å². The maximum atomic E-state index is 12.8. The Morgan fingerprint density at radius 3 is 2.90 bits per heavy atom. The van der Waals surface area contributed by atoms with Crippen molar-refractivity contribution in [2.24, 2.45) is 5.92 Å². The number of rotatable bonds is 1. The highest BCUT2D eigenvalue weighted by Crippen LogP contribution is 2.52. The van der Waals surface area contributed by atoms with Crippen LogP contribution in [0.15, 0.2) is 46.9 Å². The Balaban J connectivity index is 2.04. The number of hydrogen-bond donors (Lipinski definition) is 0. The van der Waals surface area contributed by atoms with Crippen molar-refractivity contribution in [1.82, 2.24) is 4.31 Å². The quantitative estimate of drug-likeness (QED) is 0.744. The van der Waals surface area contributed by atoms with Gasteiger partial charge in [-0.3, -0.25) is 4.31 Å². The molecule has 0 saturated heterocycles. The van der Waals surface area contributed by atoms with Gasteiger partial charge in [-0.05, 0) is 30.9 Å². The minimum absolute atomic E-state index is 0.00824. The Labute approximate surface area is 119 Å². The third kappa shape index (κ3) is 1.32. The minimum atomic E-state index is -3.37. The van der Waals surface area contributed by atoms with Crippen LogP contribution in [0.2, 0.25) is 0 Å². The number of allylic oxidation sites excluding steroid dienone is 1. The van der Waals surface area contributed by atoms with E-state index in [2.05, 4.69) is 19.1 Å². The van der Waals surface area contributed by atoms with E-state index in [-0.39, 0.29) is 6.04 Å². The number of hydrogen-bond acceptors (Lipinski definition) is 2. The number of sulfonamides is 1. The predicted octanol–water partition coefficient (Wildman–Crippen LogP) is 3.16. The Morgan fingerprint density at radius 2 is 2.10 bits per heavy atom. The van der Waals surface area contributed by atoms with Gasteiger partial charge in [0.2, 0.25) is 0 Å². The molecule has 0 radical (unpaired) electrons. The van der Waals surface area contributed by atoms with E-state index in [9.17, 15) is 8.42 Å². The molecule has 0 aromatic heterocycles. The first kappa shape index (κ1) is 12.2. The van der Waals surface area contributed by atoms with E-state index in [1.807, 2.05) is 12.1 Å². The Morgan fingerprint density at radius 1 is 1.30 bits per heavy atom. The smallest absolute Gasteiger partial charge is 0.258 e. The fourth-order valence-corrected chi connectivity index (χ4v) is 5.80. The molecule has 0 bridgehead atoms. The third-order valence-corrected chi connectivity index (χ3v) is 6.55. The zero-order valence-electron chi connectivity index (χ0n) is 11.4. The van der Waals surface area contributed by atoms with Crippen molar-refractivity contribution in [2.45, 2.75) is 37.1 Å². The molecule has 4 heteroatoms. The van der Waals surface area contributed by atoms with Crippen LogP contribution in [0, 0.1) is 5.92 Å². The van der Waals surface area contributed by atoms with Crippen LogP contribution in [-0.2, 0) is 10.0 Å². The monoisotopic (exact) mass is 287 g/mol. The fourth-order valence-electron chi connectivity index (χ4n) is 3.90. The van der Waals surface area contributed by atoms with E-state index in [1.54, 1.807) is 16.4 Å². The molecular formula is C16H17NO2S. The Kier molecular flexibility index (Phi) is 2.43. The zero-order valence-corrected chi connectivity index (χ0v) is 12.2. The average molecular weight is 287 g/mol. The number of fused-ring (bicyclic) bond motifs is 5. The molecular weight excluding hydrogens is 270 g/mol. The van der Waals surface area contributed by atoms with Crippen LogP contribution in [0.5, 0.6) is 0 Å². The second-order valence-electron chi connectivity index (χ2n) is 5.63. The van der Waals surface area contributed by atoms with E-state index >= 15 is 0 Å². The summed E-state index contributed by atoms with van der Waals surface area (Å²) in [6, 6.07) is 7.39. The summed E-state index contributed by atoms with van der Waals surface area (Å²) in [6.45, 7) is 2.13. The molecule has 2 heterocycles. The van der Waals surface area contributed by atoms with Crippen LogP contribution in [0.25, 0.3) is 5.70 Å². The highest BCUT2D eigenvalue weighted by atomic mass is 32.2. The van der Waals surface area contributed by atoms with E-state index in [0.29, 0.717) is 10.8 Å². The van der Waals surface area contributed by atoms with Crippen molar-refractivity contribution >= 4 is 15.7 Å². The molecule has 2 aliphatic heterocycles. The highest BCUT2D eigenvalue weighted by Gasteiger charge is 2.50. The van der Waals surface area contributed by atoms with Gasteiger partial charge in [0, 0.05) is 11.5 Å². The van der Waals surface area contributed by atoms with E-state index in [1.165, 1.54) is 5.57 Å². The molecule has 3 nitrogen and oxygen atoms in total. The maximum Gasteiger partial charge on any atom is 0.265 e. The van der Waals surface area contributed by atoms with Crippen LogP contribution < -0.4 is 0 Å². The SMILES string of the molecule is CCC1=C2c3ccccc3S(=O)(=O)N2[C@H]2C=CCC[C@@H]12. The molecule has 0 fully saturated rings. The Hall–Kier alpha value is -1.55. The minimum Gasteiger partial charge on any atom is -0.258 e. The molecule has 104 valence electrons. The van der Waals surface area contributed by atoms with Gasteiger partial charge in [-0.25, -0.2) is 8.42 Å². The molecule has 1 aliphatic carbocycles. The van der Waals surface area contributed by atoms with Crippen molar-refractivity contribution in [2.75, 3.05) is 0 Å². The van der Waals surface area contributed by atoms with Gasteiger partial charge >= 0.3 is 0 Å². The molecule has 0 unspecified atom stereocenters. The summed E-state index contributed by atoms with van der Waals surface area (Å²) in [6.07, 6.45) is 7.23. The Bertz CT molecular complexity index is 745. The predicted molar refractivity (Wildman–Crippen MR) is 78.3 cm³/mol. The second kappa shape index (κ2) is 3.98.